The molecule has 4 heterocycles. The summed E-state index contributed by atoms with van der Waals surface area (Å²) in [5, 5.41) is 10.3. The molecule has 0 aliphatic carbocycles. The molecule has 4 amide bonds. The molecule has 0 spiro atoms. The minimum Gasteiger partial charge on any atom is -0.458 e. The average molecular weight is 655 g/mol. The lowest BCUT2D eigenvalue weighted by atomic mass is 10.0. The van der Waals surface area contributed by atoms with E-state index < -0.39 is 54.0 Å². The molecule has 48 heavy (non-hydrogen) atoms. The highest BCUT2D eigenvalue weighted by Gasteiger charge is 2.42. The third-order valence-electron chi connectivity index (χ3n) is 9.22. The molecular formula is C36H42N6O6. The van der Waals surface area contributed by atoms with Crippen molar-refractivity contribution in [2.45, 2.75) is 83.1 Å². The van der Waals surface area contributed by atoms with Crippen LogP contribution < -0.4 is 16.0 Å². The van der Waals surface area contributed by atoms with Gasteiger partial charge in [0.2, 0.25) is 23.6 Å². The van der Waals surface area contributed by atoms with Crippen molar-refractivity contribution >= 4 is 51.4 Å². The standard InChI is InChI=1S/C36H42N6O6/c1-20(2)15-31(43)41-32-21(3)48-36(47)30-13-8-14-42(30)35(46)29(17-23-19-38-27-12-7-5-10-25(23)27)40-33(44)28(39-34(32)45)16-22-18-37-26-11-6-4-9-24(22)26/h4-7,9-12,18-21,28-30,32,37-38H,8,13-17H2,1-3H3,(H,39,45)(H,40,44)(H,41,43)/t21-,28+,29-,30+,32+/m1/s1. The molecule has 2 saturated heterocycles. The number of aromatic amines is 2. The number of amides is 4. The fourth-order valence-corrected chi connectivity index (χ4v) is 6.79. The molecule has 6 rings (SSSR count). The lowest BCUT2D eigenvalue weighted by Gasteiger charge is -2.29. The molecule has 0 unspecified atom stereocenters. The molecule has 252 valence electrons. The Morgan fingerprint density at radius 1 is 0.875 bits per heavy atom. The Bertz CT molecular complexity index is 1840. The fraction of sp³-hybridized carbons (Fsp3) is 0.417. The van der Waals surface area contributed by atoms with Crippen molar-refractivity contribution in [2.24, 2.45) is 5.92 Å². The summed E-state index contributed by atoms with van der Waals surface area (Å²) in [6.07, 6.45) is 3.90. The Balaban J connectivity index is 1.38. The highest BCUT2D eigenvalue weighted by atomic mass is 16.5. The second-order valence-electron chi connectivity index (χ2n) is 13.2. The summed E-state index contributed by atoms with van der Waals surface area (Å²) < 4.78 is 5.82. The van der Waals surface area contributed by atoms with Gasteiger partial charge in [-0.05, 0) is 48.9 Å². The predicted molar refractivity (Wildman–Crippen MR) is 180 cm³/mol. The molecule has 4 aromatic rings. The van der Waals surface area contributed by atoms with Gasteiger partial charge in [0, 0.05) is 60.0 Å². The van der Waals surface area contributed by atoms with Gasteiger partial charge in [0.25, 0.3) is 0 Å². The number of esters is 1. The molecule has 12 heteroatoms. The number of benzene rings is 2. The van der Waals surface area contributed by atoms with E-state index in [4.69, 9.17) is 4.74 Å². The number of cyclic esters (lactones) is 1. The number of rotatable bonds is 7. The fourth-order valence-electron chi connectivity index (χ4n) is 6.79. The van der Waals surface area contributed by atoms with E-state index in [0.29, 0.717) is 19.4 Å². The van der Waals surface area contributed by atoms with E-state index >= 15 is 0 Å². The maximum Gasteiger partial charge on any atom is 0.329 e. The number of aromatic nitrogens is 2. The van der Waals surface area contributed by atoms with Crippen molar-refractivity contribution in [2.75, 3.05) is 6.54 Å². The molecule has 12 nitrogen and oxygen atoms in total. The summed E-state index contributed by atoms with van der Waals surface area (Å²) in [4.78, 5) is 77.0. The number of hydrogen-bond acceptors (Lipinski definition) is 6. The van der Waals surface area contributed by atoms with E-state index in [-0.39, 0.29) is 31.1 Å². The van der Waals surface area contributed by atoms with Crippen LogP contribution in [0.2, 0.25) is 0 Å². The van der Waals surface area contributed by atoms with Gasteiger partial charge in [0.1, 0.15) is 30.3 Å². The highest BCUT2D eigenvalue weighted by Crippen LogP contribution is 2.25. The van der Waals surface area contributed by atoms with Crippen LogP contribution in [-0.2, 0) is 41.6 Å². The molecule has 0 bridgehead atoms. The first kappa shape index (κ1) is 32.8. The second-order valence-corrected chi connectivity index (χ2v) is 13.2. The number of carbonyl (C=O) groups is 5. The zero-order chi connectivity index (χ0) is 33.9. The normalized spacial score (nSPS) is 24.0. The Labute approximate surface area is 278 Å². The van der Waals surface area contributed by atoms with Crippen molar-refractivity contribution in [1.82, 2.24) is 30.8 Å². The second kappa shape index (κ2) is 13.9. The van der Waals surface area contributed by atoms with E-state index in [0.717, 1.165) is 32.9 Å². The van der Waals surface area contributed by atoms with Crippen LogP contribution in [0.3, 0.4) is 0 Å². The minimum absolute atomic E-state index is 0.0215. The van der Waals surface area contributed by atoms with Gasteiger partial charge < -0.3 is 35.6 Å². The molecule has 5 atom stereocenters. The Hall–Kier alpha value is -5.13. The van der Waals surface area contributed by atoms with Gasteiger partial charge in [-0.25, -0.2) is 4.79 Å². The average Bonchev–Trinajstić information content (AvgIpc) is 3.81. The van der Waals surface area contributed by atoms with Crippen LogP contribution in [0.15, 0.2) is 60.9 Å². The number of fused-ring (bicyclic) bond motifs is 3. The van der Waals surface area contributed by atoms with Crippen LogP contribution in [-0.4, -0.2) is 81.3 Å². The first-order chi connectivity index (χ1) is 23.1. The number of carbonyl (C=O) groups excluding carboxylic acids is 5. The summed E-state index contributed by atoms with van der Waals surface area (Å²) in [6, 6.07) is 11.0. The molecule has 5 N–H and O–H groups in total. The van der Waals surface area contributed by atoms with E-state index in [1.807, 2.05) is 68.6 Å². The van der Waals surface area contributed by atoms with Gasteiger partial charge in [0.15, 0.2) is 0 Å². The van der Waals surface area contributed by atoms with Crippen molar-refractivity contribution in [3.63, 3.8) is 0 Å². The van der Waals surface area contributed by atoms with E-state index in [1.165, 1.54) is 11.8 Å². The molecule has 2 aromatic carbocycles. The number of ether oxygens (including phenoxy) is 1. The van der Waals surface area contributed by atoms with E-state index in [9.17, 15) is 24.0 Å². The lowest BCUT2D eigenvalue weighted by molar-refractivity contribution is -0.160. The highest BCUT2D eigenvalue weighted by molar-refractivity contribution is 5.97. The number of H-pyrrole nitrogens is 2. The third-order valence-corrected chi connectivity index (χ3v) is 9.22. The summed E-state index contributed by atoms with van der Waals surface area (Å²) >= 11 is 0. The van der Waals surface area contributed by atoms with E-state index in [2.05, 4.69) is 25.9 Å². The molecule has 2 aliphatic rings. The maximum absolute atomic E-state index is 14.3. The molecule has 2 aliphatic heterocycles. The SMILES string of the molecule is CC(C)CC(=O)N[C@@H]1C(=O)N[C@@H](Cc2c[nH]c3ccccc23)C(=O)N[C@H](Cc2c[nH]c3ccccc23)C(=O)N2CCC[C@H]2C(=O)O[C@@H]1C. The largest absolute Gasteiger partial charge is 0.458 e. The first-order valence-electron chi connectivity index (χ1n) is 16.6. The van der Waals surface area contributed by atoms with Crippen LogP contribution in [0.4, 0.5) is 0 Å². The van der Waals surface area contributed by atoms with E-state index in [1.54, 1.807) is 6.20 Å². The Kier molecular flexibility index (Phi) is 9.51. The van der Waals surface area contributed by atoms with Gasteiger partial charge in [-0.2, -0.15) is 0 Å². The smallest absolute Gasteiger partial charge is 0.329 e. The number of hydrogen-bond donors (Lipinski definition) is 5. The third kappa shape index (κ3) is 6.92. The van der Waals surface area contributed by atoms with Crippen molar-refractivity contribution in [3.05, 3.63) is 72.1 Å². The molecule has 2 aromatic heterocycles. The summed E-state index contributed by atoms with van der Waals surface area (Å²) in [5.74, 6) is -2.65. The molecular weight excluding hydrogens is 612 g/mol. The van der Waals surface area contributed by atoms with Crippen molar-refractivity contribution in [1.29, 1.82) is 0 Å². The monoisotopic (exact) mass is 654 g/mol. The molecule has 0 saturated carbocycles. The molecule has 0 radical (unpaired) electrons. The summed E-state index contributed by atoms with van der Waals surface area (Å²) in [7, 11) is 0. The van der Waals surface area contributed by atoms with Gasteiger partial charge >= 0.3 is 5.97 Å². The zero-order valence-corrected chi connectivity index (χ0v) is 27.4. The van der Waals surface area contributed by atoms with Crippen LogP contribution in [0.1, 0.15) is 51.2 Å². The van der Waals surface area contributed by atoms with Crippen LogP contribution in [0.5, 0.6) is 0 Å². The van der Waals surface area contributed by atoms with Crippen LogP contribution in [0, 0.1) is 5.92 Å². The summed E-state index contributed by atoms with van der Waals surface area (Å²) in [5.41, 5.74) is 3.37. The topological polar surface area (TPSA) is 165 Å². The summed E-state index contributed by atoms with van der Waals surface area (Å²) in [6.45, 7) is 5.62. The van der Waals surface area contributed by atoms with Gasteiger partial charge in [-0.1, -0.05) is 50.2 Å². The number of para-hydroxylation sites is 2. The predicted octanol–water partition coefficient (Wildman–Crippen LogP) is 2.87. The van der Waals surface area contributed by atoms with Gasteiger partial charge in [-0.3, -0.25) is 19.2 Å². The molecule has 2 fully saturated rings. The Morgan fingerprint density at radius 3 is 2.08 bits per heavy atom. The van der Waals surface area contributed by atoms with Gasteiger partial charge in [0.05, 0.1) is 0 Å². The number of nitrogens with zero attached hydrogens (tertiary/aromatic N) is 1. The van der Waals surface area contributed by atoms with Gasteiger partial charge in [-0.15, -0.1) is 0 Å². The first-order valence-corrected chi connectivity index (χ1v) is 16.6. The zero-order valence-electron chi connectivity index (χ0n) is 27.4. The van der Waals surface area contributed by atoms with Crippen molar-refractivity contribution in [3.8, 4) is 0 Å². The maximum atomic E-state index is 14.3. The van der Waals surface area contributed by atoms with Crippen molar-refractivity contribution < 1.29 is 28.7 Å². The van der Waals surface area contributed by atoms with Crippen LogP contribution >= 0.6 is 0 Å². The quantitative estimate of drug-likeness (QED) is 0.192. The van der Waals surface area contributed by atoms with Crippen LogP contribution in [0.25, 0.3) is 21.8 Å². The Morgan fingerprint density at radius 2 is 1.46 bits per heavy atom. The number of nitrogens with one attached hydrogen (secondary N) is 5. The minimum atomic E-state index is -1.27. The lowest BCUT2D eigenvalue weighted by Crippen LogP contribution is -2.59.